The number of benzene rings is 1. The van der Waals surface area contributed by atoms with Crippen LogP contribution in [0.4, 0.5) is 5.82 Å². The number of aliphatic hydroxyl groups is 3. The van der Waals surface area contributed by atoms with Gasteiger partial charge in [0.2, 0.25) is 5.78 Å². The minimum Gasteiger partial charge on any atom is -0.396 e. The topological polar surface area (TPSA) is 185 Å². The molecule has 0 spiro atoms. The number of hydrogen-bond acceptors (Lipinski definition) is 11. The van der Waals surface area contributed by atoms with Gasteiger partial charge in [-0.3, -0.25) is 8.98 Å². The predicted molar refractivity (Wildman–Crippen MR) is 146 cm³/mol. The van der Waals surface area contributed by atoms with Crippen LogP contribution in [0.5, 0.6) is 0 Å². The van der Waals surface area contributed by atoms with Crippen molar-refractivity contribution >= 4 is 56.4 Å². The summed E-state index contributed by atoms with van der Waals surface area (Å²) in [5.41, 5.74) is -0.909. The minimum atomic E-state index is -4.14. The van der Waals surface area contributed by atoms with Gasteiger partial charge in [-0.05, 0) is 36.6 Å². The van der Waals surface area contributed by atoms with Crippen molar-refractivity contribution in [2.24, 2.45) is 11.1 Å². The van der Waals surface area contributed by atoms with Crippen molar-refractivity contribution in [3.8, 4) is 0 Å². The van der Waals surface area contributed by atoms with Crippen molar-refractivity contribution in [1.82, 2.24) is 9.97 Å². The first-order valence-corrected chi connectivity index (χ1v) is 14.8. The molecule has 0 unspecified atom stereocenters. The third-order valence-electron chi connectivity index (χ3n) is 6.53. The number of nitrogens with two attached hydrogens (primary N) is 1. The van der Waals surface area contributed by atoms with Crippen molar-refractivity contribution in [3.63, 3.8) is 0 Å². The summed E-state index contributed by atoms with van der Waals surface area (Å²) in [6.45, 7) is -0.622. The molecule has 1 aliphatic carbocycles. The Kier molecular flexibility index (Phi) is 9.26. The van der Waals surface area contributed by atoms with Crippen LogP contribution in [0.3, 0.4) is 0 Å². The van der Waals surface area contributed by atoms with E-state index in [1.807, 2.05) is 0 Å². The number of aromatic nitrogens is 2. The smallest absolute Gasteiger partial charge is 0.333 e. The summed E-state index contributed by atoms with van der Waals surface area (Å²) in [5, 5.41) is 40.0. The van der Waals surface area contributed by atoms with E-state index in [9.17, 15) is 28.5 Å². The molecular formula is C24H26Cl2N4O7S2. The van der Waals surface area contributed by atoms with Crippen molar-refractivity contribution in [3.05, 3.63) is 73.8 Å². The van der Waals surface area contributed by atoms with E-state index >= 15 is 0 Å². The van der Waals surface area contributed by atoms with Crippen LogP contribution in [0.25, 0.3) is 0 Å². The Bertz CT molecular complexity index is 1460. The fraction of sp³-hybridized carbons (Fsp3) is 0.375. The quantitative estimate of drug-likeness (QED) is 0.200. The first-order valence-electron chi connectivity index (χ1n) is 11.8. The molecular weight excluding hydrogens is 591 g/mol. The van der Waals surface area contributed by atoms with E-state index in [-0.39, 0.29) is 58.3 Å². The molecule has 0 saturated heterocycles. The van der Waals surface area contributed by atoms with E-state index in [1.54, 1.807) is 24.3 Å². The second-order valence-corrected chi connectivity index (χ2v) is 12.5. The number of carbonyl (C=O) groups excluding carboxylic acids is 1. The van der Waals surface area contributed by atoms with E-state index < -0.39 is 33.7 Å². The normalized spacial score (nSPS) is 21.0. The number of carbonyl (C=O) groups is 1. The van der Waals surface area contributed by atoms with Crippen LogP contribution < -0.4 is 10.5 Å². The fourth-order valence-corrected chi connectivity index (χ4v) is 6.55. The molecule has 15 heteroatoms. The Morgan fingerprint density at radius 2 is 2.05 bits per heavy atom. The molecule has 0 aliphatic heterocycles. The lowest BCUT2D eigenvalue weighted by Crippen LogP contribution is -2.28. The Labute approximate surface area is 238 Å². The first-order chi connectivity index (χ1) is 18.4. The number of ketones is 1. The van der Waals surface area contributed by atoms with Gasteiger partial charge < -0.3 is 20.6 Å². The molecule has 11 nitrogen and oxygen atoms in total. The number of halogens is 2. The molecule has 3 aromatic rings. The average Bonchev–Trinajstić information content (AvgIpc) is 3.44. The lowest BCUT2D eigenvalue weighted by Gasteiger charge is -2.28. The number of hydrogen-bond donors (Lipinski definition) is 5. The van der Waals surface area contributed by atoms with Gasteiger partial charge in [-0.1, -0.05) is 35.3 Å². The molecule has 1 saturated carbocycles. The maximum atomic E-state index is 13.6. The Morgan fingerprint density at radius 3 is 2.74 bits per heavy atom. The average molecular weight is 618 g/mol. The molecule has 0 amide bonds. The van der Waals surface area contributed by atoms with Gasteiger partial charge in [-0.15, -0.1) is 11.3 Å². The molecule has 0 bridgehead atoms. The van der Waals surface area contributed by atoms with Gasteiger partial charge >= 0.3 is 10.3 Å². The van der Waals surface area contributed by atoms with Crippen LogP contribution in [-0.4, -0.2) is 64.8 Å². The molecule has 210 valence electrons. The zero-order valence-corrected chi connectivity index (χ0v) is 23.5. The Hall–Kier alpha value is -2.20. The summed E-state index contributed by atoms with van der Waals surface area (Å²) in [4.78, 5) is 21.9. The van der Waals surface area contributed by atoms with Crippen LogP contribution in [-0.2, 0) is 20.1 Å². The fourth-order valence-electron chi connectivity index (χ4n) is 4.62. The van der Waals surface area contributed by atoms with Crippen LogP contribution in [0.2, 0.25) is 9.36 Å². The predicted octanol–water partition coefficient (Wildman–Crippen LogP) is 2.47. The third kappa shape index (κ3) is 6.93. The standard InChI is InChI=1S/C24H26Cl2N4O7S2/c25-15-3-1-2-14(7-15)24(34,4-5-31)18-9-20(38-22(18)26)21(33)17-10-28-12-29-23(17)30-16-6-13(19(32)8-16)11-37-39(27,35)36/h1-3,7,9-10,12-13,16,19,31-32,34H,4-6,8,11H2,(H2,27,35,36)(H,28,29,30)/t13-,16-,19+,24+/m1/s1. The van der Waals surface area contributed by atoms with Crippen molar-refractivity contribution < 1.29 is 32.7 Å². The molecule has 2 heterocycles. The molecule has 39 heavy (non-hydrogen) atoms. The number of anilines is 1. The largest absolute Gasteiger partial charge is 0.396 e. The van der Waals surface area contributed by atoms with Crippen LogP contribution >= 0.6 is 34.5 Å². The molecule has 4 atom stereocenters. The molecule has 1 fully saturated rings. The second-order valence-electron chi connectivity index (χ2n) is 9.17. The van der Waals surface area contributed by atoms with Crippen molar-refractivity contribution in [2.75, 3.05) is 18.5 Å². The molecule has 1 aromatic carbocycles. The van der Waals surface area contributed by atoms with E-state index in [1.165, 1.54) is 18.6 Å². The lowest BCUT2D eigenvalue weighted by atomic mass is 9.85. The Balaban J connectivity index is 1.58. The van der Waals surface area contributed by atoms with Gasteiger partial charge in [-0.2, -0.15) is 8.42 Å². The van der Waals surface area contributed by atoms with Gasteiger partial charge in [0.05, 0.1) is 23.2 Å². The van der Waals surface area contributed by atoms with Gasteiger partial charge in [0.15, 0.2) is 0 Å². The highest BCUT2D eigenvalue weighted by Crippen LogP contribution is 2.42. The third-order valence-corrected chi connectivity index (χ3v) is 8.59. The molecule has 2 aromatic heterocycles. The number of thiophene rings is 1. The van der Waals surface area contributed by atoms with Gasteiger partial charge in [0.25, 0.3) is 0 Å². The summed E-state index contributed by atoms with van der Waals surface area (Å²) in [5.74, 6) is -0.732. The van der Waals surface area contributed by atoms with Gasteiger partial charge in [0, 0.05) is 41.8 Å². The summed E-state index contributed by atoms with van der Waals surface area (Å²) >= 11 is 13.6. The molecule has 6 N–H and O–H groups in total. The van der Waals surface area contributed by atoms with Crippen molar-refractivity contribution in [1.29, 1.82) is 0 Å². The maximum absolute atomic E-state index is 13.6. The second kappa shape index (κ2) is 12.1. The Morgan fingerprint density at radius 1 is 1.28 bits per heavy atom. The van der Waals surface area contributed by atoms with Crippen molar-refractivity contribution in [2.45, 2.75) is 37.0 Å². The van der Waals surface area contributed by atoms with Crippen LogP contribution in [0.1, 0.15) is 45.6 Å². The van der Waals surface area contributed by atoms with E-state index in [2.05, 4.69) is 19.5 Å². The first kappa shape index (κ1) is 29.8. The summed E-state index contributed by atoms with van der Waals surface area (Å²) in [6.07, 6.45) is 2.28. The van der Waals surface area contributed by atoms with E-state index in [0.29, 0.717) is 17.0 Å². The summed E-state index contributed by atoms with van der Waals surface area (Å²) < 4.78 is 27.0. The highest BCUT2D eigenvalue weighted by Gasteiger charge is 2.37. The highest BCUT2D eigenvalue weighted by molar-refractivity contribution is 7.84. The molecule has 1 aliphatic rings. The maximum Gasteiger partial charge on any atom is 0.333 e. The van der Waals surface area contributed by atoms with E-state index in [0.717, 1.165) is 11.3 Å². The number of aliphatic hydroxyl groups excluding tert-OH is 2. The highest BCUT2D eigenvalue weighted by atomic mass is 35.5. The number of nitrogens with zero attached hydrogens (tertiary/aromatic N) is 2. The monoisotopic (exact) mass is 616 g/mol. The zero-order chi connectivity index (χ0) is 28.4. The SMILES string of the molecule is NS(=O)(=O)OC[C@H]1C[C@@H](Nc2ncncc2C(=O)c2cc([C@](O)(CCO)c3cccc(Cl)c3)c(Cl)s2)C[C@@H]1O. The van der Waals surface area contributed by atoms with Crippen LogP contribution in [0.15, 0.2) is 42.9 Å². The van der Waals surface area contributed by atoms with Gasteiger partial charge in [0.1, 0.15) is 22.1 Å². The van der Waals surface area contributed by atoms with Gasteiger partial charge in [-0.25, -0.2) is 15.1 Å². The minimum absolute atomic E-state index is 0.0843. The molecule has 0 radical (unpaired) electrons. The number of rotatable bonds is 11. The lowest BCUT2D eigenvalue weighted by molar-refractivity contribution is 0.0514. The summed E-state index contributed by atoms with van der Waals surface area (Å²) in [6, 6.07) is 7.67. The van der Waals surface area contributed by atoms with Crippen LogP contribution in [0, 0.1) is 5.92 Å². The number of nitrogens with one attached hydrogen (secondary N) is 1. The zero-order valence-electron chi connectivity index (χ0n) is 20.3. The molecule has 4 rings (SSSR count). The summed E-state index contributed by atoms with van der Waals surface area (Å²) in [7, 11) is -4.14. The van der Waals surface area contributed by atoms with E-state index in [4.69, 9.17) is 28.3 Å².